The highest BCUT2D eigenvalue weighted by Crippen LogP contribution is 2.32. The van der Waals surface area contributed by atoms with Crippen molar-refractivity contribution in [2.75, 3.05) is 11.9 Å². The summed E-state index contributed by atoms with van der Waals surface area (Å²) in [5, 5.41) is 6.04. The molecule has 0 aliphatic carbocycles. The molecule has 0 saturated heterocycles. The first-order valence-electron chi connectivity index (χ1n) is 8.58. The molecule has 3 rings (SSSR count). The predicted molar refractivity (Wildman–Crippen MR) is 102 cm³/mol. The zero-order valence-electron chi connectivity index (χ0n) is 14.7. The third-order valence-electron chi connectivity index (χ3n) is 4.19. The van der Waals surface area contributed by atoms with E-state index in [0.29, 0.717) is 29.3 Å². The minimum atomic E-state index is -0.285. The molecule has 1 unspecified atom stereocenters. The molecule has 26 heavy (non-hydrogen) atoms. The summed E-state index contributed by atoms with van der Waals surface area (Å²) >= 11 is 6.32. The molecule has 2 N–H and O–H groups in total. The second-order valence-corrected chi connectivity index (χ2v) is 6.91. The highest BCUT2D eigenvalue weighted by Gasteiger charge is 2.25. The van der Waals surface area contributed by atoms with Gasteiger partial charge < -0.3 is 15.4 Å². The number of hydrogen-bond donors (Lipinski definition) is 2. The minimum Gasteiger partial charge on any atom is -0.489 e. The lowest BCUT2D eigenvalue weighted by Gasteiger charge is -2.25. The fraction of sp³-hybridized carbons (Fsp3) is 0.300. The number of para-hydroxylation sites is 1. The molecule has 1 atom stereocenters. The van der Waals surface area contributed by atoms with Crippen LogP contribution in [-0.2, 0) is 4.79 Å². The van der Waals surface area contributed by atoms with Crippen LogP contribution in [-0.4, -0.2) is 24.5 Å². The number of hydrogen-bond acceptors (Lipinski definition) is 3. The van der Waals surface area contributed by atoms with Gasteiger partial charge in [0.2, 0.25) is 5.91 Å². The molecule has 1 heterocycles. The number of amides is 2. The van der Waals surface area contributed by atoms with E-state index in [2.05, 4.69) is 10.6 Å². The third-order valence-corrected chi connectivity index (χ3v) is 4.58. The largest absolute Gasteiger partial charge is 0.489 e. The Morgan fingerprint density at radius 3 is 2.81 bits per heavy atom. The quantitative estimate of drug-likeness (QED) is 0.834. The molecule has 136 valence electrons. The maximum atomic E-state index is 12.6. The second kappa shape index (κ2) is 7.79. The van der Waals surface area contributed by atoms with Gasteiger partial charge in [-0.1, -0.05) is 35.9 Å². The molecule has 0 aromatic heterocycles. The number of benzene rings is 2. The van der Waals surface area contributed by atoms with Crippen LogP contribution in [0.3, 0.4) is 0 Å². The van der Waals surface area contributed by atoms with Crippen molar-refractivity contribution in [2.45, 2.75) is 32.3 Å². The molecule has 6 heteroatoms. The van der Waals surface area contributed by atoms with E-state index in [1.807, 2.05) is 38.1 Å². The van der Waals surface area contributed by atoms with E-state index in [0.717, 1.165) is 11.3 Å². The lowest BCUT2D eigenvalue weighted by molar-refractivity contribution is -0.116. The Hall–Kier alpha value is -2.53. The molecular formula is C20H21ClN2O3. The first-order valence-corrected chi connectivity index (χ1v) is 8.95. The molecule has 2 amide bonds. The molecule has 0 fully saturated rings. The number of anilines is 1. The number of halogens is 1. The highest BCUT2D eigenvalue weighted by molar-refractivity contribution is 6.35. The topological polar surface area (TPSA) is 67.4 Å². The maximum absolute atomic E-state index is 12.6. The molecule has 2 aromatic carbocycles. The fourth-order valence-electron chi connectivity index (χ4n) is 3.03. The number of fused-ring (bicyclic) bond motifs is 1. The van der Waals surface area contributed by atoms with Gasteiger partial charge in [0.15, 0.2) is 0 Å². The minimum absolute atomic E-state index is 0.0388. The molecular weight excluding hydrogens is 352 g/mol. The summed E-state index contributed by atoms with van der Waals surface area (Å²) < 4.78 is 5.63. The van der Waals surface area contributed by atoms with Crippen LogP contribution < -0.4 is 15.4 Å². The maximum Gasteiger partial charge on any atom is 0.252 e. The number of ether oxygens (including phenoxy) is 1. The molecule has 0 spiro atoms. The molecule has 1 aliphatic heterocycles. The van der Waals surface area contributed by atoms with Crippen molar-refractivity contribution >= 4 is 29.1 Å². The van der Waals surface area contributed by atoms with E-state index in [1.54, 1.807) is 18.2 Å². The van der Waals surface area contributed by atoms with Crippen molar-refractivity contribution in [3.8, 4) is 5.75 Å². The molecule has 2 aromatic rings. The van der Waals surface area contributed by atoms with E-state index < -0.39 is 0 Å². The zero-order chi connectivity index (χ0) is 18.7. The lowest BCUT2D eigenvalue weighted by atomic mass is 9.90. The summed E-state index contributed by atoms with van der Waals surface area (Å²) in [5.74, 6) is 0.0791. The Labute approximate surface area is 157 Å². The van der Waals surface area contributed by atoms with Crippen molar-refractivity contribution in [2.24, 2.45) is 0 Å². The van der Waals surface area contributed by atoms with Crippen LogP contribution in [0.25, 0.3) is 0 Å². The second-order valence-electron chi connectivity index (χ2n) is 6.53. The van der Waals surface area contributed by atoms with Gasteiger partial charge in [0.25, 0.3) is 5.91 Å². The number of carbonyl (C=O) groups excluding carboxylic acids is 2. The van der Waals surface area contributed by atoms with Crippen LogP contribution in [0.1, 0.15) is 42.1 Å². The van der Waals surface area contributed by atoms with Crippen LogP contribution in [0.4, 0.5) is 5.69 Å². The molecule has 5 nitrogen and oxygen atoms in total. The summed E-state index contributed by atoms with van der Waals surface area (Å²) in [4.78, 5) is 24.5. The van der Waals surface area contributed by atoms with Crippen LogP contribution in [0.5, 0.6) is 5.75 Å². The van der Waals surface area contributed by atoms with Gasteiger partial charge in [0.05, 0.1) is 16.7 Å². The monoisotopic (exact) mass is 372 g/mol. The summed E-state index contributed by atoms with van der Waals surface area (Å²) in [6, 6.07) is 12.8. The molecule has 0 bridgehead atoms. The highest BCUT2D eigenvalue weighted by atomic mass is 35.5. The first kappa shape index (κ1) is 18.3. The van der Waals surface area contributed by atoms with E-state index >= 15 is 0 Å². The smallest absolute Gasteiger partial charge is 0.252 e. The summed E-state index contributed by atoms with van der Waals surface area (Å²) in [6.45, 7) is 4.15. The van der Waals surface area contributed by atoms with E-state index in [9.17, 15) is 9.59 Å². The molecule has 0 saturated carbocycles. The van der Waals surface area contributed by atoms with Crippen LogP contribution >= 0.6 is 11.6 Å². The van der Waals surface area contributed by atoms with Crippen molar-refractivity contribution < 1.29 is 14.3 Å². The predicted octanol–water partition coefficient (Wildman–Crippen LogP) is 3.98. The Morgan fingerprint density at radius 1 is 1.27 bits per heavy atom. The van der Waals surface area contributed by atoms with Gasteiger partial charge in [-0.25, -0.2) is 0 Å². The zero-order valence-corrected chi connectivity index (χ0v) is 15.5. The number of nitrogens with one attached hydrogen (secondary N) is 2. The Balaban J connectivity index is 1.73. The van der Waals surface area contributed by atoms with Gasteiger partial charge in [-0.05, 0) is 37.6 Å². The number of carbonyl (C=O) groups is 2. The Bertz CT molecular complexity index is 836. The van der Waals surface area contributed by atoms with Gasteiger partial charge in [0, 0.05) is 24.6 Å². The molecule has 0 radical (unpaired) electrons. The Morgan fingerprint density at radius 2 is 2.04 bits per heavy atom. The normalized spacial score (nSPS) is 16.0. The van der Waals surface area contributed by atoms with Crippen molar-refractivity contribution in [3.05, 3.63) is 58.6 Å². The first-order chi connectivity index (χ1) is 12.5. The van der Waals surface area contributed by atoms with Gasteiger partial charge in [0.1, 0.15) is 5.75 Å². The van der Waals surface area contributed by atoms with Crippen molar-refractivity contribution in [1.82, 2.24) is 5.32 Å². The van der Waals surface area contributed by atoms with E-state index in [4.69, 9.17) is 16.3 Å². The van der Waals surface area contributed by atoms with Crippen LogP contribution in [0.15, 0.2) is 42.5 Å². The van der Waals surface area contributed by atoms with Crippen LogP contribution in [0.2, 0.25) is 5.02 Å². The van der Waals surface area contributed by atoms with Gasteiger partial charge in [-0.2, -0.15) is 0 Å². The fourth-order valence-corrected chi connectivity index (χ4v) is 3.28. The molecule has 1 aliphatic rings. The van der Waals surface area contributed by atoms with Crippen molar-refractivity contribution in [1.29, 1.82) is 0 Å². The average Bonchev–Trinajstić information content (AvgIpc) is 2.60. The number of rotatable bonds is 5. The summed E-state index contributed by atoms with van der Waals surface area (Å²) in [7, 11) is 0. The standard InChI is InChI=1S/C20H21ClN2O3/c1-12(2)26-17-9-5-7-15(19(17)21)20(25)22-11-13-10-18(24)23-16-8-4-3-6-14(13)16/h3-9,12-13H,10-11H2,1-2H3,(H,22,25)(H,23,24). The lowest BCUT2D eigenvalue weighted by Crippen LogP contribution is -2.33. The van der Waals surface area contributed by atoms with Gasteiger partial charge in [-0.3, -0.25) is 9.59 Å². The third kappa shape index (κ3) is 3.99. The summed E-state index contributed by atoms with van der Waals surface area (Å²) in [6.07, 6.45) is 0.296. The van der Waals surface area contributed by atoms with Gasteiger partial charge >= 0.3 is 0 Å². The van der Waals surface area contributed by atoms with E-state index in [1.165, 1.54) is 0 Å². The van der Waals surface area contributed by atoms with E-state index in [-0.39, 0.29) is 23.8 Å². The average molecular weight is 373 g/mol. The summed E-state index contributed by atoms with van der Waals surface area (Å²) in [5.41, 5.74) is 2.18. The Kier molecular flexibility index (Phi) is 5.47. The van der Waals surface area contributed by atoms with Crippen LogP contribution in [0, 0.1) is 0 Å². The SMILES string of the molecule is CC(C)Oc1cccc(C(=O)NCC2CC(=O)Nc3ccccc32)c1Cl. The van der Waals surface area contributed by atoms with Gasteiger partial charge in [-0.15, -0.1) is 0 Å². The van der Waals surface area contributed by atoms with Crippen molar-refractivity contribution in [3.63, 3.8) is 0 Å².